The SMILES string of the molecule is CCc1cncc(/C=C/C(=O)Nc2ccccc2C(=O)O[C@@]23CC[C@H](OC)C45[C@H](C(C[C@@H]42)[C@@](O)(C[C@@H](C)OC)[C@@]2(O)[C@@H](OC)[C@@H](C)C[C@@H]52)N(CC)C3)c1. The Labute approximate surface area is 313 Å². The van der Waals surface area contributed by atoms with Crippen molar-refractivity contribution in [2.45, 2.75) is 107 Å². The molecule has 4 saturated carbocycles. The summed E-state index contributed by atoms with van der Waals surface area (Å²) in [5.74, 6) is -1.85. The highest BCUT2D eigenvalue weighted by molar-refractivity contribution is 6.06. The van der Waals surface area contributed by atoms with Crippen LogP contribution in [0.15, 0.2) is 48.8 Å². The van der Waals surface area contributed by atoms with Crippen LogP contribution < -0.4 is 5.32 Å². The highest BCUT2D eigenvalue weighted by atomic mass is 16.6. The van der Waals surface area contributed by atoms with Gasteiger partial charge in [0.05, 0.1) is 29.6 Å². The van der Waals surface area contributed by atoms with Crippen molar-refractivity contribution in [3.8, 4) is 0 Å². The number of likely N-dealkylation sites (tertiary alicyclic amines) is 1. The lowest BCUT2D eigenvalue weighted by molar-refractivity contribution is -0.330. The minimum Gasteiger partial charge on any atom is -0.454 e. The summed E-state index contributed by atoms with van der Waals surface area (Å²) in [6, 6.07) is 8.82. The van der Waals surface area contributed by atoms with Gasteiger partial charge in [0.15, 0.2) is 0 Å². The molecule has 4 aliphatic carbocycles. The number of fused-ring (bicyclic) bond motifs is 1. The van der Waals surface area contributed by atoms with Crippen LogP contribution in [0.5, 0.6) is 0 Å². The predicted molar refractivity (Wildman–Crippen MR) is 200 cm³/mol. The molecule has 288 valence electrons. The Bertz CT molecular complexity index is 1740. The van der Waals surface area contributed by atoms with Crippen molar-refractivity contribution >= 4 is 23.6 Å². The number of carbonyl (C=O) groups excluding carboxylic acids is 2. The average Bonchev–Trinajstić information content (AvgIpc) is 3.58. The van der Waals surface area contributed by atoms with E-state index >= 15 is 0 Å². The zero-order valence-electron chi connectivity index (χ0n) is 32.2. The fourth-order valence-corrected chi connectivity index (χ4v) is 12.3. The first-order valence-electron chi connectivity index (χ1n) is 19.4. The van der Waals surface area contributed by atoms with Crippen LogP contribution in [0, 0.1) is 29.1 Å². The summed E-state index contributed by atoms with van der Waals surface area (Å²) in [6.45, 7) is 9.38. The highest BCUT2D eigenvalue weighted by Crippen LogP contribution is 2.77. The van der Waals surface area contributed by atoms with Crippen molar-refractivity contribution < 1.29 is 38.7 Å². The number of methoxy groups -OCH3 is 3. The molecule has 1 spiro atoms. The summed E-state index contributed by atoms with van der Waals surface area (Å²) in [5, 5.41) is 29.4. The minimum absolute atomic E-state index is 0.0309. The van der Waals surface area contributed by atoms with E-state index in [1.807, 2.05) is 13.0 Å². The van der Waals surface area contributed by atoms with E-state index in [1.54, 1.807) is 64.1 Å². The van der Waals surface area contributed by atoms with Gasteiger partial charge in [0, 0.05) is 82.0 Å². The van der Waals surface area contributed by atoms with Crippen molar-refractivity contribution in [2.24, 2.45) is 29.1 Å². The van der Waals surface area contributed by atoms with Gasteiger partial charge in [-0.05, 0) is 86.9 Å². The number of amides is 1. The van der Waals surface area contributed by atoms with Crippen LogP contribution in [0.2, 0.25) is 0 Å². The molecule has 3 N–H and O–H groups in total. The third-order valence-corrected chi connectivity index (χ3v) is 14.2. The van der Waals surface area contributed by atoms with E-state index in [9.17, 15) is 19.8 Å². The summed E-state index contributed by atoms with van der Waals surface area (Å²) in [6.07, 6.45) is 9.02. The smallest absolute Gasteiger partial charge is 0.340 e. The molecule has 11 heteroatoms. The molecule has 1 aliphatic heterocycles. The number of piperidine rings is 1. The largest absolute Gasteiger partial charge is 0.454 e. The maximum Gasteiger partial charge on any atom is 0.340 e. The summed E-state index contributed by atoms with van der Waals surface area (Å²) in [5.41, 5.74) is -2.14. The second-order valence-electron chi connectivity index (χ2n) is 16.4. The normalized spacial score (nSPS) is 39.2. The zero-order valence-corrected chi connectivity index (χ0v) is 32.2. The summed E-state index contributed by atoms with van der Waals surface area (Å²) >= 11 is 0. The molecule has 5 aliphatic rings. The van der Waals surface area contributed by atoms with Gasteiger partial charge in [0.2, 0.25) is 5.91 Å². The Hall–Kier alpha value is -3.19. The summed E-state index contributed by atoms with van der Waals surface area (Å²) in [4.78, 5) is 34.4. The Kier molecular flexibility index (Phi) is 10.2. The molecule has 0 radical (unpaired) electrons. The van der Waals surface area contributed by atoms with Crippen molar-refractivity contribution in [3.05, 3.63) is 65.5 Å². The Balaban J connectivity index is 1.26. The standard InChI is InChI=1S/C42H57N3O8/c1-8-27-19-28(23-43-22-27)14-15-35(46)44-31-13-11-10-12-29(31)38(47)53-39-17-16-34(51-6)41-32(39)20-30(36(41)45(9-2)24-39)40(48,21-26(4)50-5)42(49)33(41)18-25(3)37(42)52-7/h10-15,19,22-23,25-26,30,32-34,36-37,48-49H,8-9,16-18,20-21,24H2,1-7H3,(H,44,46)/b15-14+/t25-,26+,30?,32+,33-,34-,36-,37-,39+,40-,41?,42-/m0/s1. The van der Waals surface area contributed by atoms with Gasteiger partial charge >= 0.3 is 5.97 Å². The fraction of sp³-hybridized carbons (Fsp3) is 0.643. The molecule has 1 saturated heterocycles. The van der Waals surface area contributed by atoms with Crippen LogP contribution in [0.3, 0.4) is 0 Å². The van der Waals surface area contributed by atoms with Crippen molar-refractivity contribution in [1.29, 1.82) is 0 Å². The van der Waals surface area contributed by atoms with Gasteiger partial charge < -0.3 is 34.5 Å². The number of hydrogen-bond donors (Lipinski definition) is 3. The number of aromatic nitrogens is 1. The number of rotatable bonds is 12. The van der Waals surface area contributed by atoms with E-state index in [1.165, 1.54) is 6.08 Å². The van der Waals surface area contributed by atoms with Crippen LogP contribution in [0.4, 0.5) is 5.69 Å². The lowest BCUT2D eigenvalue weighted by atomic mass is 9.44. The van der Waals surface area contributed by atoms with Gasteiger partial charge in [0.25, 0.3) is 0 Å². The number of nitrogens with zero attached hydrogens (tertiary/aromatic N) is 2. The molecular weight excluding hydrogens is 674 g/mol. The van der Waals surface area contributed by atoms with E-state index in [0.717, 1.165) is 17.5 Å². The molecule has 2 unspecified atom stereocenters. The number of carbonyl (C=O) groups is 2. The Morgan fingerprint density at radius 2 is 1.87 bits per heavy atom. The Morgan fingerprint density at radius 3 is 2.57 bits per heavy atom. The number of anilines is 1. The van der Waals surface area contributed by atoms with E-state index in [2.05, 4.69) is 36.0 Å². The molecule has 5 bridgehead atoms. The molecule has 1 aromatic heterocycles. The Morgan fingerprint density at radius 1 is 1.09 bits per heavy atom. The molecule has 11 nitrogen and oxygen atoms in total. The molecule has 1 amide bonds. The molecular formula is C42H57N3O8. The molecule has 53 heavy (non-hydrogen) atoms. The van der Waals surface area contributed by atoms with E-state index < -0.39 is 34.3 Å². The third kappa shape index (κ3) is 5.55. The highest BCUT2D eigenvalue weighted by Gasteiger charge is 2.87. The first-order chi connectivity index (χ1) is 25.4. The van der Waals surface area contributed by atoms with Gasteiger partial charge in [-0.25, -0.2) is 4.79 Å². The number of hydrogen-bond acceptors (Lipinski definition) is 10. The third-order valence-electron chi connectivity index (χ3n) is 14.2. The zero-order chi connectivity index (χ0) is 37.9. The second kappa shape index (κ2) is 14.1. The lowest BCUT2D eigenvalue weighted by Gasteiger charge is -2.70. The van der Waals surface area contributed by atoms with Gasteiger partial charge in [-0.2, -0.15) is 0 Å². The molecule has 12 atom stereocenters. The number of pyridine rings is 1. The van der Waals surface area contributed by atoms with E-state index in [-0.39, 0.29) is 59.8 Å². The number of likely N-dealkylation sites (N-methyl/N-ethyl adjacent to an activating group) is 1. The van der Waals surface area contributed by atoms with E-state index in [4.69, 9.17) is 18.9 Å². The fourth-order valence-electron chi connectivity index (χ4n) is 12.3. The van der Waals surface area contributed by atoms with Gasteiger partial charge in [0.1, 0.15) is 16.8 Å². The minimum atomic E-state index is -1.58. The lowest BCUT2D eigenvalue weighted by Crippen LogP contribution is -2.82. The molecule has 7 rings (SSSR count). The summed E-state index contributed by atoms with van der Waals surface area (Å²) < 4.78 is 25.2. The average molecular weight is 732 g/mol. The monoisotopic (exact) mass is 731 g/mol. The van der Waals surface area contributed by atoms with Crippen LogP contribution in [-0.4, -0.2) is 108 Å². The number of benzene rings is 1. The van der Waals surface area contributed by atoms with Crippen LogP contribution in [0.25, 0.3) is 6.08 Å². The first-order valence-corrected chi connectivity index (χ1v) is 19.4. The van der Waals surface area contributed by atoms with Crippen LogP contribution >= 0.6 is 0 Å². The number of para-hydroxylation sites is 1. The van der Waals surface area contributed by atoms with Crippen LogP contribution in [-0.2, 0) is 30.2 Å². The number of ether oxygens (including phenoxy) is 4. The van der Waals surface area contributed by atoms with Crippen molar-refractivity contribution in [2.75, 3.05) is 39.7 Å². The maximum atomic E-state index is 14.5. The van der Waals surface area contributed by atoms with Crippen molar-refractivity contribution in [1.82, 2.24) is 9.88 Å². The number of esters is 1. The predicted octanol–water partition coefficient (Wildman–Crippen LogP) is 4.90. The number of nitrogens with one attached hydrogen (secondary N) is 1. The van der Waals surface area contributed by atoms with Gasteiger partial charge in [-0.1, -0.05) is 32.9 Å². The molecule has 2 heterocycles. The maximum absolute atomic E-state index is 14.5. The first kappa shape index (κ1) is 38.1. The van der Waals surface area contributed by atoms with Gasteiger partial charge in [-0.15, -0.1) is 0 Å². The topological polar surface area (TPSA) is 140 Å². The van der Waals surface area contributed by atoms with Gasteiger partial charge in [-0.3, -0.25) is 14.7 Å². The van der Waals surface area contributed by atoms with E-state index in [0.29, 0.717) is 44.5 Å². The quantitative estimate of drug-likeness (QED) is 0.204. The second-order valence-corrected chi connectivity index (χ2v) is 16.4. The number of aryl methyl sites for hydroxylation is 1. The summed E-state index contributed by atoms with van der Waals surface area (Å²) in [7, 11) is 5.02. The molecule has 1 aromatic carbocycles. The van der Waals surface area contributed by atoms with Crippen molar-refractivity contribution in [3.63, 3.8) is 0 Å². The number of aliphatic hydroxyl groups is 2. The molecule has 2 aromatic rings. The molecule has 5 fully saturated rings. The van der Waals surface area contributed by atoms with Crippen LogP contribution in [0.1, 0.15) is 81.3 Å².